The molecule has 0 radical (unpaired) electrons. The van der Waals surface area contributed by atoms with Gasteiger partial charge in [-0.25, -0.2) is 4.98 Å². The van der Waals surface area contributed by atoms with Crippen molar-refractivity contribution in [1.29, 1.82) is 0 Å². The molecule has 8 aromatic rings. The molecule has 0 aliphatic carbocycles. The number of hydrogen-bond acceptors (Lipinski definition) is 3. The molecule has 0 bridgehead atoms. The van der Waals surface area contributed by atoms with Crippen molar-refractivity contribution in [3.63, 3.8) is 0 Å². The topological polar surface area (TPSA) is 35.6 Å². The summed E-state index contributed by atoms with van der Waals surface area (Å²) in [6.07, 6.45) is 1.86. The van der Waals surface area contributed by atoms with Crippen LogP contribution in [0.25, 0.3) is 71.6 Å². The zero-order chi connectivity index (χ0) is 26.6. The molecular weight excluding hydrogens is 508 g/mol. The van der Waals surface area contributed by atoms with Crippen molar-refractivity contribution < 1.29 is 0 Å². The maximum Gasteiger partial charge on any atom is 0.140 e. The lowest BCUT2D eigenvalue weighted by Gasteiger charge is -2.13. The number of fused-ring (bicyclic) bond motifs is 4. The number of thiophene rings is 1. The van der Waals surface area contributed by atoms with E-state index in [-0.39, 0.29) is 0 Å². The largest absolute Gasteiger partial charge is 0.327 e. The lowest BCUT2D eigenvalue weighted by molar-refractivity contribution is 0.959. The van der Waals surface area contributed by atoms with Gasteiger partial charge < -0.3 is 9.13 Å². The molecule has 4 aromatic carbocycles. The van der Waals surface area contributed by atoms with Crippen LogP contribution in [-0.2, 0) is 7.05 Å². The highest BCUT2D eigenvalue weighted by atomic mass is 32.1. The Morgan fingerprint density at radius 3 is 2.25 bits per heavy atom. The van der Waals surface area contributed by atoms with E-state index in [2.05, 4.69) is 124 Å². The third kappa shape index (κ3) is 3.59. The van der Waals surface area contributed by atoms with Gasteiger partial charge in [-0.2, -0.15) is 0 Å². The van der Waals surface area contributed by atoms with Crippen molar-refractivity contribution in [2.75, 3.05) is 0 Å². The Morgan fingerprint density at radius 1 is 0.625 bits per heavy atom. The summed E-state index contributed by atoms with van der Waals surface area (Å²) < 4.78 is 4.57. The minimum absolute atomic E-state index is 0.960. The van der Waals surface area contributed by atoms with Crippen LogP contribution in [-0.4, -0.2) is 19.1 Å². The van der Waals surface area contributed by atoms with E-state index in [0.29, 0.717) is 0 Å². The number of para-hydroxylation sites is 3. The molecule has 0 aliphatic rings. The predicted molar refractivity (Wildman–Crippen MR) is 167 cm³/mol. The van der Waals surface area contributed by atoms with Gasteiger partial charge in [0.2, 0.25) is 0 Å². The van der Waals surface area contributed by atoms with Crippen LogP contribution in [0.4, 0.5) is 0 Å². The number of pyridine rings is 1. The number of benzene rings is 4. The minimum Gasteiger partial charge on any atom is -0.327 e. The first kappa shape index (κ1) is 22.9. The summed E-state index contributed by atoms with van der Waals surface area (Å²) in [6.45, 7) is 0. The summed E-state index contributed by atoms with van der Waals surface area (Å²) in [5, 5.41) is 4.58. The second-order valence-corrected chi connectivity index (χ2v) is 11.0. The molecule has 0 spiro atoms. The number of hydrogen-bond donors (Lipinski definition) is 0. The van der Waals surface area contributed by atoms with E-state index in [1.165, 1.54) is 26.7 Å². The van der Waals surface area contributed by atoms with Crippen LogP contribution in [0.3, 0.4) is 0 Å². The van der Waals surface area contributed by atoms with Crippen molar-refractivity contribution in [2.45, 2.75) is 0 Å². The van der Waals surface area contributed by atoms with Gasteiger partial charge in [0.05, 0.1) is 27.8 Å². The first-order valence-electron chi connectivity index (χ1n) is 13.3. The molecule has 5 heteroatoms. The van der Waals surface area contributed by atoms with Gasteiger partial charge >= 0.3 is 0 Å². The third-order valence-corrected chi connectivity index (χ3v) is 8.58. The Bertz CT molecular complexity index is 2170. The molecule has 8 rings (SSSR count). The lowest BCUT2D eigenvalue weighted by Crippen LogP contribution is -1.97. The second kappa shape index (κ2) is 9.04. The van der Waals surface area contributed by atoms with Crippen molar-refractivity contribution in [2.24, 2.45) is 7.05 Å². The van der Waals surface area contributed by atoms with E-state index in [0.717, 1.165) is 44.9 Å². The van der Waals surface area contributed by atoms with Crippen LogP contribution < -0.4 is 0 Å². The van der Waals surface area contributed by atoms with Gasteiger partial charge in [-0.1, -0.05) is 54.6 Å². The Hall–Kier alpha value is -5.00. The number of imidazole rings is 1. The molecule has 0 N–H and O–H groups in total. The average molecular weight is 533 g/mol. The molecule has 4 nitrogen and oxygen atoms in total. The van der Waals surface area contributed by atoms with Gasteiger partial charge in [0.25, 0.3) is 0 Å². The molecule has 0 atom stereocenters. The lowest BCUT2D eigenvalue weighted by atomic mass is 10.0. The average Bonchev–Trinajstić information content (AvgIpc) is 3.74. The fraction of sp³-hybridized carbons (Fsp3) is 0.0286. The summed E-state index contributed by atoms with van der Waals surface area (Å²) in [7, 11) is 2.09. The van der Waals surface area contributed by atoms with Crippen LogP contribution >= 0.6 is 11.3 Å². The normalized spacial score (nSPS) is 11.6. The Kier molecular flexibility index (Phi) is 5.18. The zero-order valence-electron chi connectivity index (χ0n) is 21.8. The van der Waals surface area contributed by atoms with Crippen molar-refractivity contribution in [1.82, 2.24) is 19.1 Å². The Morgan fingerprint density at radius 2 is 1.43 bits per heavy atom. The van der Waals surface area contributed by atoms with E-state index in [1.807, 2.05) is 24.4 Å². The van der Waals surface area contributed by atoms with Crippen LogP contribution in [0, 0.1) is 0 Å². The summed E-state index contributed by atoms with van der Waals surface area (Å²) >= 11 is 1.76. The molecule has 0 fully saturated rings. The molecular formula is C35H24N4S. The van der Waals surface area contributed by atoms with E-state index in [4.69, 9.17) is 4.98 Å². The molecule has 0 saturated carbocycles. The molecule has 0 aliphatic heterocycles. The minimum atomic E-state index is 0.960. The first-order valence-corrected chi connectivity index (χ1v) is 14.2. The highest BCUT2D eigenvalue weighted by molar-refractivity contribution is 7.13. The predicted octanol–water partition coefficient (Wildman–Crippen LogP) is 9.13. The summed E-state index contributed by atoms with van der Waals surface area (Å²) in [4.78, 5) is 10.9. The van der Waals surface area contributed by atoms with Crippen LogP contribution in [0.2, 0.25) is 0 Å². The smallest absolute Gasteiger partial charge is 0.140 e. The maximum atomic E-state index is 4.99. The number of rotatable bonds is 4. The molecule has 0 saturated heterocycles. The molecule has 4 heterocycles. The maximum absolute atomic E-state index is 4.99. The van der Waals surface area contributed by atoms with E-state index < -0.39 is 0 Å². The SMILES string of the molecule is Cn1c(-c2ccc3c4ccccc4n(-c4cc(-c5ccccn5)cc(-c5cccs5)c4)c3c2)nc2ccccc21. The third-order valence-electron chi connectivity index (χ3n) is 7.66. The molecule has 0 unspecified atom stereocenters. The summed E-state index contributed by atoms with van der Waals surface area (Å²) in [6, 6.07) is 40.9. The van der Waals surface area contributed by atoms with Gasteiger partial charge in [-0.15, -0.1) is 11.3 Å². The zero-order valence-corrected chi connectivity index (χ0v) is 22.6. The number of aryl methyl sites for hydroxylation is 1. The highest BCUT2D eigenvalue weighted by Gasteiger charge is 2.17. The highest BCUT2D eigenvalue weighted by Crippen LogP contribution is 2.38. The van der Waals surface area contributed by atoms with Crippen molar-refractivity contribution in [3.05, 3.63) is 127 Å². The molecule has 40 heavy (non-hydrogen) atoms. The van der Waals surface area contributed by atoms with Gasteiger partial charge in [0, 0.05) is 45.7 Å². The molecule has 190 valence electrons. The van der Waals surface area contributed by atoms with Gasteiger partial charge in [-0.05, 0) is 71.6 Å². The van der Waals surface area contributed by atoms with Crippen molar-refractivity contribution in [3.8, 4) is 38.8 Å². The van der Waals surface area contributed by atoms with Crippen LogP contribution in [0.1, 0.15) is 0 Å². The Balaban J connectivity index is 1.42. The van der Waals surface area contributed by atoms with Crippen LogP contribution in [0.15, 0.2) is 127 Å². The van der Waals surface area contributed by atoms with Crippen molar-refractivity contribution >= 4 is 44.2 Å². The number of aromatic nitrogens is 4. The quantitative estimate of drug-likeness (QED) is 0.227. The molecule has 4 aromatic heterocycles. The van der Waals surface area contributed by atoms with Gasteiger partial charge in [-0.3, -0.25) is 4.98 Å². The standard InChI is InChI=1S/C35H24N4S/c1-38-32-13-5-3-11-30(32)37-35(38)23-15-16-28-27-9-2-4-12-31(27)39(33(28)22-23)26-20-24(29-10-6-7-17-36-29)19-25(21-26)34-14-8-18-40-34/h2-22H,1H3. The monoisotopic (exact) mass is 532 g/mol. The van der Waals surface area contributed by atoms with E-state index in [9.17, 15) is 0 Å². The van der Waals surface area contributed by atoms with Crippen LogP contribution in [0.5, 0.6) is 0 Å². The second-order valence-electron chi connectivity index (χ2n) is 10.0. The van der Waals surface area contributed by atoms with Gasteiger partial charge in [0.1, 0.15) is 5.82 Å². The summed E-state index contributed by atoms with van der Waals surface area (Å²) in [5.74, 6) is 0.960. The summed E-state index contributed by atoms with van der Waals surface area (Å²) in [5.41, 5.74) is 9.91. The number of nitrogens with zero attached hydrogens (tertiary/aromatic N) is 4. The van der Waals surface area contributed by atoms with E-state index >= 15 is 0 Å². The Labute approximate surface area is 235 Å². The fourth-order valence-corrected chi connectivity index (χ4v) is 6.51. The molecule has 0 amide bonds. The van der Waals surface area contributed by atoms with Gasteiger partial charge in [0.15, 0.2) is 0 Å². The fourth-order valence-electron chi connectivity index (χ4n) is 5.80. The van der Waals surface area contributed by atoms with E-state index in [1.54, 1.807) is 11.3 Å². The first-order chi connectivity index (χ1) is 19.7.